The summed E-state index contributed by atoms with van der Waals surface area (Å²) in [5.41, 5.74) is 1.93. The molecule has 0 spiro atoms. The maximum Gasteiger partial charge on any atom is 0.122 e. The third-order valence-corrected chi connectivity index (χ3v) is 2.61. The normalized spacial score (nSPS) is 9.84. The molecule has 0 bridgehead atoms. The molecule has 0 unspecified atom stereocenters. The maximum absolute atomic E-state index is 8.64. The zero-order chi connectivity index (χ0) is 13.9. The van der Waals surface area contributed by atoms with Gasteiger partial charge in [0.25, 0.3) is 0 Å². The van der Waals surface area contributed by atoms with Crippen molar-refractivity contribution in [1.29, 1.82) is 0 Å². The molecule has 0 atom stereocenters. The Bertz CT molecular complexity index is 429. The minimum atomic E-state index is -0.119. The Morgan fingerprint density at radius 2 is 2.05 bits per heavy atom. The van der Waals surface area contributed by atoms with Crippen LogP contribution in [0.5, 0.6) is 5.75 Å². The van der Waals surface area contributed by atoms with E-state index in [0.29, 0.717) is 13.2 Å². The fourth-order valence-corrected chi connectivity index (χ4v) is 1.59. The van der Waals surface area contributed by atoms with Gasteiger partial charge in [0, 0.05) is 12.2 Å². The van der Waals surface area contributed by atoms with E-state index in [2.05, 4.69) is 18.8 Å². The van der Waals surface area contributed by atoms with E-state index >= 15 is 0 Å². The van der Waals surface area contributed by atoms with Crippen LogP contribution in [0, 0.1) is 18.8 Å². The monoisotopic (exact) mass is 262 g/mol. The highest BCUT2D eigenvalue weighted by atomic mass is 16.5. The van der Waals surface area contributed by atoms with Crippen molar-refractivity contribution < 1.29 is 14.6 Å². The predicted molar refractivity (Wildman–Crippen MR) is 76.4 cm³/mol. The molecule has 1 aromatic rings. The first-order valence-corrected chi connectivity index (χ1v) is 6.69. The van der Waals surface area contributed by atoms with Crippen LogP contribution in [-0.4, -0.2) is 31.5 Å². The molecular weight excluding hydrogens is 240 g/mol. The van der Waals surface area contributed by atoms with Crippen LogP contribution in [0.4, 0.5) is 0 Å². The topological polar surface area (TPSA) is 38.7 Å². The number of ether oxygens (including phenoxy) is 2. The lowest BCUT2D eigenvalue weighted by Crippen LogP contribution is -2.08. The van der Waals surface area contributed by atoms with Crippen molar-refractivity contribution >= 4 is 0 Å². The Morgan fingerprint density at radius 3 is 2.74 bits per heavy atom. The average Bonchev–Trinajstić information content (AvgIpc) is 2.42. The van der Waals surface area contributed by atoms with Crippen LogP contribution < -0.4 is 4.74 Å². The van der Waals surface area contributed by atoms with Crippen molar-refractivity contribution in [3.05, 3.63) is 29.3 Å². The van der Waals surface area contributed by atoms with Crippen LogP contribution >= 0.6 is 0 Å². The molecule has 1 rings (SSSR count). The van der Waals surface area contributed by atoms with E-state index in [0.717, 1.165) is 36.3 Å². The quantitative estimate of drug-likeness (QED) is 0.606. The lowest BCUT2D eigenvalue weighted by Gasteiger charge is -2.09. The summed E-state index contributed by atoms with van der Waals surface area (Å²) in [6.45, 7) is 5.99. The number of rotatable bonds is 7. The molecule has 0 aliphatic carbocycles. The molecule has 0 heterocycles. The first-order valence-electron chi connectivity index (χ1n) is 6.69. The van der Waals surface area contributed by atoms with Crippen LogP contribution in [0.1, 0.15) is 30.9 Å². The van der Waals surface area contributed by atoms with Gasteiger partial charge in [-0.3, -0.25) is 0 Å². The number of benzene rings is 1. The molecular formula is C16H22O3. The maximum atomic E-state index is 8.64. The number of aliphatic hydroxyl groups is 1. The minimum Gasteiger partial charge on any atom is -0.491 e. The molecule has 0 aliphatic rings. The Kier molecular flexibility index (Phi) is 7.72. The van der Waals surface area contributed by atoms with Gasteiger partial charge in [0.1, 0.15) is 19.0 Å². The van der Waals surface area contributed by atoms with Gasteiger partial charge in [-0.15, -0.1) is 0 Å². The minimum absolute atomic E-state index is 0.119. The molecule has 19 heavy (non-hydrogen) atoms. The molecule has 0 saturated heterocycles. The summed E-state index contributed by atoms with van der Waals surface area (Å²) in [6, 6.07) is 5.75. The number of hydrogen-bond acceptors (Lipinski definition) is 3. The lowest BCUT2D eigenvalue weighted by atomic mass is 10.1. The van der Waals surface area contributed by atoms with Crippen LogP contribution in [0.15, 0.2) is 18.2 Å². The van der Waals surface area contributed by atoms with Crippen LogP contribution in [0.3, 0.4) is 0 Å². The summed E-state index contributed by atoms with van der Waals surface area (Å²) in [4.78, 5) is 0. The van der Waals surface area contributed by atoms with Gasteiger partial charge >= 0.3 is 0 Å². The molecule has 0 aliphatic heterocycles. The molecule has 0 aromatic heterocycles. The van der Waals surface area contributed by atoms with Gasteiger partial charge < -0.3 is 14.6 Å². The fourth-order valence-electron chi connectivity index (χ4n) is 1.59. The highest BCUT2D eigenvalue weighted by molar-refractivity contribution is 5.43. The molecule has 1 aromatic carbocycles. The Labute approximate surface area is 115 Å². The predicted octanol–water partition coefficient (Wildman–Crippen LogP) is 2.53. The molecule has 104 valence electrons. The van der Waals surface area contributed by atoms with Crippen molar-refractivity contribution in [2.75, 3.05) is 26.4 Å². The highest BCUT2D eigenvalue weighted by Gasteiger charge is 2.00. The number of aliphatic hydroxyl groups excluding tert-OH is 1. The zero-order valence-corrected chi connectivity index (χ0v) is 11.7. The van der Waals surface area contributed by atoms with E-state index < -0.39 is 0 Å². The first-order chi connectivity index (χ1) is 9.27. The SMILES string of the molecule is CCCCOCCOc1ccc(C#CCO)cc1C. The third-order valence-electron chi connectivity index (χ3n) is 2.61. The van der Waals surface area contributed by atoms with E-state index in [9.17, 15) is 0 Å². The van der Waals surface area contributed by atoms with Crippen molar-refractivity contribution in [3.8, 4) is 17.6 Å². The van der Waals surface area contributed by atoms with Gasteiger partial charge in [0.15, 0.2) is 0 Å². The van der Waals surface area contributed by atoms with Gasteiger partial charge in [0.2, 0.25) is 0 Å². The first kappa shape index (κ1) is 15.6. The average molecular weight is 262 g/mol. The second-order valence-corrected chi connectivity index (χ2v) is 4.25. The van der Waals surface area contributed by atoms with Gasteiger partial charge in [-0.05, 0) is 37.1 Å². The summed E-state index contributed by atoms with van der Waals surface area (Å²) in [6.07, 6.45) is 2.24. The summed E-state index contributed by atoms with van der Waals surface area (Å²) in [5.74, 6) is 6.36. The smallest absolute Gasteiger partial charge is 0.122 e. The van der Waals surface area contributed by atoms with Crippen molar-refractivity contribution in [2.24, 2.45) is 0 Å². The lowest BCUT2D eigenvalue weighted by molar-refractivity contribution is 0.0978. The Hall–Kier alpha value is -1.50. The second kappa shape index (κ2) is 9.43. The number of unbranched alkanes of at least 4 members (excludes halogenated alkanes) is 1. The van der Waals surface area contributed by atoms with Crippen LogP contribution in [0.2, 0.25) is 0 Å². The van der Waals surface area contributed by atoms with Crippen LogP contribution in [-0.2, 0) is 4.74 Å². The summed E-state index contributed by atoms with van der Waals surface area (Å²) in [5, 5.41) is 8.64. The van der Waals surface area contributed by atoms with Gasteiger partial charge in [-0.1, -0.05) is 25.2 Å². The van der Waals surface area contributed by atoms with Gasteiger partial charge in [-0.25, -0.2) is 0 Å². The number of hydrogen-bond donors (Lipinski definition) is 1. The molecule has 0 fully saturated rings. The van der Waals surface area contributed by atoms with Crippen molar-refractivity contribution in [2.45, 2.75) is 26.7 Å². The van der Waals surface area contributed by atoms with Gasteiger partial charge in [-0.2, -0.15) is 0 Å². The van der Waals surface area contributed by atoms with Crippen LogP contribution in [0.25, 0.3) is 0 Å². The fraction of sp³-hybridized carbons (Fsp3) is 0.500. The molecule has 0 radical (unpaired) electrons. The van der Waals surface area contributed by atoms with Crippen molar-refractivity contribution in [1.82, 2.24) is 0 Å². The van der Waals surface area contributed by atoms with E-state index in [1.807, 2.05) is 25.1 Å². The van der Waals surface area contributed by atoms with E-state index in [1.165, 1.54) is 0 Å². The molecule has 1 N–H and O–H groups in total. The zero-order valence-electron chi connectivity index (χ0n) is 11.7. The Balaban J connectivity index is 2.38. The molecule has 3 heteroatoms. The number of aryl methyl sites for hydroxylation is 1. The molecule has 0 amide bonds. The molecule has 0 saturated carbocycles. The van der Waals surface area contributed by atoms with Gasteiger partial charge in [0.05, 0.1) is 6.61 Å². The standard InChI is InChI=1S/C16H22O3/c1-3-4-10-18-11-12-19-16-8-7-15(6-5-9-17)13-14(16)2/h7-8,13,17H,3-4,9-12H2,1-2H3. The summed E-state index contributed by atoms with van der Waals surface area (Å²) < 4.78 is 11.1. The van der Waals surface area contributed by atoms with E-state index in [1.54, 1.807) is 0 Å². The summed E-state index contributed by atoms with van der Waals surface area (Å²) in [7, 11) is 0. The Morgan fingerprint density at radius 1 is 1.21 bits per heavy atom. The molecule has 3 nitrogen and oxygen atoms in total. The summed E-state index contributed by atoms with van der Waals surface area (Å²) >= 11 is 0. The third kappa shape index (κ3) is 6.28. The van der Waals surface area contributed by atoms with E-state index in [-0.39, 0.29) is 6.61 Å². The van der Waals surface area contributed by atoms with E-state index in [4.69, 9.17) is 14.6 Å². The second-order valence-electron chi connectivity index (χ2n) is 4.25. The van der Waals surface area contributed by atoms with Crippen molar-refractivity contribution in [3.63, 3.8) is 0 Å². The largest absolute Gasteiger partial charge is 0.491 e. The highest BCUT2D eigenvalue weighted by Crippen LogP contribution is 2.18.